The Morgan fingerprint density at radius 3 is 2.49 bits per heavy atom. The summed E-state index contributed by atoms with van der Waals surface area (Å²) >= 11 is 4.75. The SMILES string of the molecule is COc1ccccc1NCc1nnc(S[C@@H](C)C(=O)N/N=C(/C)c2ccc(Br)cc2)n1-c1ccccc1. The summed E-state index contributed by atoms with van der Waals surface area (Å²) in [5.41, 5.74) is 6.08. The summed E-state index contributed by atoms with van der Waals surface area (Å²) < 4.78 is 8.38. The first-order chi connectivity index (χ1) is 18.0. The Kier molecular flexibility index (Phi) is 8.97. The molecule has 8 nitrogen and oxygen atoms in total. The van der Waals surface area contributed by atoms with Gasteiger partial charge in [0.15, 0.2) is 11.0 Å². The average molecular weight is 580 g/mol. The van der Waals surface area contributed by atoms with Crippen LogP contribution in [0.1, 0.15) is 25.2 Å². The molecule has 1 atom stereocenters. The second-order valence-corrected chi connectivity index (χ2v) is 10.3. The van der Waals surface area contributed by atoms with Crippen LogP contribution in [-0.2, 0) is 11.3 Å². The maximum absolute atomic E-state index is 12.8. The topological polar surface area (TPSA) is 93.4 Å². The number of nitrogens with zero attached hydrogens (tertiary/aromatic N) is 4. The van der Waals surface area contributed by atoms with Crippen LogP contribution in [0.15, 0.2) is 93.6 Å². The molecule has 2 N–H and O–H groups in total. The number of hydrogen-bond donors (Lipinski definition) is 2. The molecule has 4 rings (SSSR count). The van der Waals surface area contributed by atoms with Gasteiger partial charge in [0.2, 0.25) is 0 Å². The highest BCUT2D eigenvalue weighted by Crippen LogP contribution is 2.28. The molecule has 10 heteroatoms. The van der Waals surface area contributed by atoms with E-state index in [1.807, 2.05) is 97.3 Å². The van der Waals surface area contributed by atoms with Crippen LogP contribution in [0.25, 0.3) is 5.69 Å². The first-order valence-electron chi connectivity index (χ1n) is 11.6. The third-order valence-corrected chi connectivity index (χ3v) is 7.08. The molecule has 37 heavy (non-hydrogen) atoms. The van der Waals surface area contributed by atoms with Crippen LogP contribution in [-0.4, -0.2) is 38.7 Å². The van der Waals surface area contributed by atoms with Crippen molar-refractivity contribution in [3.8, 4) is 11.4 Å². The van der Waals surface area contributed by atoms with E-state index in [1.54, 1.807) is 7.11 Å². The monoisotopic (exact) mass is 578 g/mol. The molecule has 0 radical (unpaired) electrons. The maximum Gasteiger partial charge on any atom is 0.253 e. The Morgan fingerprint density at radius 1 is 1.05 bits per heavy atom. The lowest BCUT2D eigenvalue weighted by atomic mass is 10.1. The molecule has 1 heterocycles. The quantitative estimate of drug-likeness (QED) is 0.143. The van der Waals surface area contributed by atoms with Gasteiger partial charge in [-0.1, -0.05) is 70.2 Å². The molecule has 0 saturated carbocycles. The van der Waals surface area contributed by atoms with Gasteiger partial charge >= 0.3 is 0 Å². The highest BCUT2D eigenvalue weighted by atomic mass is 79.9. The van der Waals surface area contributed by atoms with Crippen LogP contribution < -0.4 is 15.5 Å². The average Bonchev–Trinajstić information content (AvgIpc) is 3.33. The molecule has 1 amide bonds. The van der Waals surface area contributed by atoms with Gasteiger partial charge in [-0.2, -0.15) is 5.10 Å². The summed E-state index contributed by atoms with van der Waals surface area (Å²) in [7, 11) is 1.64. The molecule has 0 saturated heterocycles. The van der Waals surface area contributed by atoms with Crippen molar-refractivity contribution in [1.29, 1.82) is 0 Å². The highest BCUT2D eigenvalue weighted by molar-refractivity contribution is 9.10. The standard InChI is InChI=1S/C27H27BrN6O2S/c1-18(20-13-15-21(28)16-14-20)30-32-26(35)19(2)37-27-33-31-25(34(27)22-9-5-4-6-10-22)17-29-23-11-7-8-12-24(23)36-3/h4-16,19,29H,17H2,1-3H3,(H,32,35)/b30-18-/t19-/m0/s1. The Morgan fingerprint density at radius 2 is 1.76 bits per heavy atom. The van der Waals surface area contributed by atoms with E-state index < -0.39 is 5.25 Å². The minimum atomic E-state index is -0.455. The van der Waals surface area contributed by atoms with E-state index in [9.17, 15) is 4.79 Å². The molecule has 0 aliphatic rings. The van der Waals surface area contributed by atoms with E-state index in [4.69, 9.17) is 4.74 Å². The van der Waals surface area contributed by atoms with Gasteiger partial charge in [0.25, 0.3) is 5.91 Å². The number of carbonyl (C=O) groups excluding carboxylic acids is 1. The normalized spacial score (nSPS) is 12.2. The van der Waals surface area contributed by atoms with Gasteiger partial charge in [-0.25, -0.2) is 5.43 Å². The summed E-state index contributed by atoms with van der Waals surface area (Å²) in [5.74, 6) is 1.22. The Labute approximate surface area is 228 Å². The van der Waals surface area contributed by atoms with Crippen molar-refractivity contribution in [3.63, 3.8) is 0 Å². The predicted octanol–water partition coefficient (Wildman–Crippen LogP) is 5.67. The molecule has 4 aromatic rings. The Balaban J connectivity index is 1.50. The number of anilines is 1. The molecular formula is C27H27BrN6O2S. The minimum Gasteiger partial charge on any atom is -0.495 e. The fourth-order valence-electron chi connectivity index (χ4n) is 3.49. The molecule has 0 aliphatic heterocycles. The molecule has 0 unspecified atom stereocenters. The third-order valence-electron chi connectivity index (χ3n) is 5.51. The van der Waals surface area contributed by atoms with Crippen molar-refractivity contribution in [2.45, 2.75) is 30.8 Å². The van der Waals surface area contributed by atoms with E-state index in [-0.39, 0.29) is 5.91 Å². The van der Waals surface area contributed by atoms with Gasteiger partial charge in [0.05, 0.1) is 30.3 Å². The third kappa shape index (κ3) is 6.78. The van der Waals surface area contributed by atoms with Gasteiger partial charge < -0.3 is 10.1 Å². The Bertz CT molecular complexity index is 1380. The number of rotatable bonds is 10. The second kappa shape index (κ2) is 12.6. The Hall–Kier alpha value is -3.63. The second-order valence-electron chi connectivity index (χ2n) is 8.06. The van der Waals surface area contributed by atoms with Crippen LogP contribution in [0.5, 0.6) is 5.75 Å². The number of ether oxygens (including phenoxy) is 1. The maximum atomic E-state index is 12.8. The number of hydrogen-bond acceptors (Lipinski definition) is 7. The molecular weight excluding hydrogens is 552 g/mol. The summed E-state index contributed by atoms with van der Waals surface area (Å²) in [6, 6.07) is 25.3. The van der Waals surface area contributed by atoms with Crippen molar-refractivity contribution < 1.29 is 9.53 Å². The minimum absolute atomic E-state index is 0.224. The van der Waals surface area contributed by atoms with E-state index in [0.717, 1.165) is 32.9 Å². The molecule has 190 valence electrons. The van der Waals surface area contributed by atoms with Gasteiger partial charge in [-0.05, 0) is 55.8 Å². The van der Waals surface area contributed by atoms with Crippen molar-refractivity contribution in [3.05, 3.63) is 94.7 Å². The molecule has 0 spiro atoms. The van der Waals surface area contributed by atoms with Gasteiger partial charge in [0, 0.05) is 10.2 Å². The number of thioether (sulfide) groups is 1. The van der Waals surface area contributed by atoms with E-state index >= 15 is 0 Å². The number of hydrazone groups is 1. The van der Waals surface area contributed by atoms with Gasteiger partial charge in [-0.3, -0.25) is 9.36 Å². The molecule has 0 fully saturated rings. The zero-order valence-electron chi connectivity index (χ0n) is 20.7. The number of amides is 1. The largest absolute Gasteiger partial charge is 0.495 e. The first kappa shape index (κ1) is 26.4. The number of halogens is 1. The molecule has 1 aromatic heterocycles. The van der Waals surface area contributed by atoms with Crippen LogP contribution in [0.4, 0.5) is 5.69 Å². The molecule has 0 aliphatic carbocycles. The number of benzene rings is 3. The summed E-state index contributed by atoms with van der Waals surface area (Å²) in [6.07, 6.45) is 0. The van der Waals surface area contributed by atoms with Crippen LogP contribution >= 0.6 is 27.7 Å². The molecule has 0 bridgehead atoms. The van der Waals surface area contributed by atoms with Crippen molar-refractivity contribution >= 4 is 45.0 Å². The lowest BCUT2D eigenvalue weighted by Gasteiger charge is -2.14. The van der Waals surface area contributed by atoms with Crippen molar-refractivity contribution in [1.82, 2.24) is 20.2 Å². The van der Waals surface area contributed by atoms with E-state index in [0.29, 0.717) is 17.5 Å². The number of nitrogens with one attached hydrogen (secondary N) is 2. The van der Waals surface area contributed by atoms with E-state index in [2.05, 4.69) is 42.0 Å². The highest BCUT2D eigenvalue weighted by Gasteiger charge is 2.21. The lowest BCUT2D eigenvalue weighted by molar-refractivity contribution is -0.120. The summed E-state index contributed by atoms with van der Waals surface area (Å²) in [6.45, 7) is 4.09. The number of methoxy groups -OCH3 is 1. The first-order valence-corrected chi connectivity index (χ1v) is 13.3. The molecule has 3 aromatic carbocycles. The van der Waals surface area contributed by atoms with Crippen LogP contribution in [0.3, 0.4) is 0 Å². The number of para-hydroxylation sites is 3. The lowest BCUT2D eigenvalue weighted by Crippen LogP contribution is -2.28. The van der Waals surface area contributed by atoms with Crippen LogP contribution in [0, 0.1) is 0 Å². The van der Waals surface area contributed by atoms with E-state index in [1.165, 1.54) is 11.8 Å². The fourth-order valence-corrected chi connectivity index (χ4v) is 4.63. The smallest absolute Gasteiger partial charge is 0.253 e. The van der Waals surface area contributed by atoms with Gasteiger partial charge in [-0.15, -0.1) is 10.2 Å². The predicted molar refractivity (Wildman–Crippen MR) is 151 cm³/mol. The van der Waals surface area contributed by atoms with Crippen molar-refractivity contribution in [2.75, 3.05) is 12.4 Å². The van der Waals surface area contributed by atoms with Crippen LogP contribution in [0.2, 0.25) is 0 Å². The number of aromatic nitrogens is 3. The fraction of sp³-hybridized carbons (Fsp3) is 0.185. The summed E-state index contributed by atoms with van der Waals surface area (Å²) in [5, 5.41) is 16.6. The summed E-state index contributed by atoms with van der Waals surface area (Å²) in [4.78, 5) is 12.8. The number of carbonyl (C=O) groups is 1. The zero-order chi connectivity index (χ0) is 26.2. The zero-order valence-corrected chi connectivity index (χ0v) is 23.1. The van der Waals surface area contributed by atoms with Gasteiger partial charge in [0.1, 0.15) is 5.75 Å². The van der Waals surface area contributed by atoms with Crippen molar-refractivity contribution in [2.24, 2.45) is 5.10 Å².